The second-order valence-corrected chi connectivity index (χ2v) is 3.63. The molecule has 2 aromatic rings. The number of thiocarbonyl (C=S) groups is 1. The maximum absolute atomic E-state index is 10.7. The zero-order valence-electron chi connectivity index (χ0n) is 8.70. The Kier molecular flexibility index (Phi) is 3.15. The van der Waals surface area contributed by atoms with Crippen LogP contribution in [-0.2, 0) is 0 Å². The first-order valence-corrected chi connectivity index (χ1v) is 5.23. The molecule has 0 saturated heterocycles. The van der Waals surface area contributed by atoms with Crippen LogP contribution in [0.2, 0.25) is 0 Å². The summed E-state index contributed by atoms with van der Waals surface area (Å²) in [5.41, 5.74) is 0.784. The van der Waals surface area contributed by atoms with E-state index in [0.717, 1.165) is 5.69 Å². The summed E-state index contributed by atoms with van der Waals surface area (Å²) in [6.07, 6.45) is 1.50. The van der Waals surface area contributed by atoms with Crippen molar-refractivity contribution in [3.8, 4) is 0 Å². The van der Waals surface area contributed by atoms with Crippen molar-refractivity contribution in [2.75, 3.05) is 5.32 Å². The lowest BCUT2D eigenvalue weighted by molar-refractivity contribution is 0.0690. The first-order chi connectivity index (χ1) is 8.16. The fourth-order valence-electron chi connectivity index (χ4n) is 1.25. The van der Waals surface area contributed by atoms with Gasteiger partial charge >= 0.3 is 5.97 Å². The highest BCUT2D eigenvalue weighted by Gasteiger charge is 2.08. The van der Waals surface area contributed by atoms with Gasteiger partial charge < -0.3 is 10.4 Å². The molecular weight excluding hydrogens is 238 g/mol. The second kappa shape index (κ2) is 4.75. The normalized spacial score (nSPS) is 9.88. The number of hydrogen-bond donors (Lipinski definition) is 2. The summed E-state index contributed by atoms with van der Waals surface area (Å²) in [7, 11) is 0. The van der Waals surface area contributed by atoms with E-state index < -0.39 is 5.97 Å². The maximum atomic E-state index is 10.7. The van der Waals surface area contributed by atoms with Crippen molar-refractivity contribution in [3.63, 3.8) is 0 Å². The number of nitrogens with zero attached hydrogens (tertiary/aromatic N) is 2. The molecule has 2 rings (SSSR count). The number of anilines is 1. The molecular formula is C11H9N3O2S. The predicted octanol–water partition coefficient (Wildman–Crippen LogP) is 1.83. The highest BCUT2D eigenvalue weighted by molar-refractivity contribution is 7.80. The molecule has 0 aliphatic heterocycles. The standard InChI is InChI=1S/C11H9N3O2S/c15-10(16)9-6-7-14(13-9)11(17)12-8-4-2-1-3-5-8/h1-7H,(H,12,17)(H,15,16). The van der Waals surface area contributed by atoms with Crippen molar-refractivity contribution in [1.82, 2.24) is 9.78 Å². The Morgan fingerprint density at radius 3 is 2.59 bits per heavy atom. The van der Waals surface area contributed by atoms with Gasteiger partial charge in [0.25, 0.3) is 0 Å². The van der Waals surface area contributed by atoms with Crippen molar-refractivity contribution in [3.05, 3.63) is 48.3 Å². The van der Waals surface area contributed by atoms with Crippen LogP contribution in [0.1, 0.15) is 10.5 Å². The third kappa shape index (κ3) is 2.67. The van der Waals surface area contributed by atoms with Crippen molar-refractivity contribution >= 4 is 29.0 Å². The van der Waals surface area contributed by atoms with Gasteiger partial charge in [-0.1, -0.05) is 18.2 Å². The van der Waals surface area contributed by atoms with E-state index in [9.17, 15) is 4.79 Å². The number of carboxylic acids is 1. The Bertz CT molecular complexity index is 551. The van der Waals surface area contributed by atoms with Crippen molar-refractivity contribution in [2.45, 2.75) is 0 Å². The van der Waals surface area contributed by atoms with Gasteiger partial charge in [0.15, 0.2) is 10.8 Å². The molecule has 0 aliphatic rings. The Morgan fingerprint density at radius 2 is 2.00 bits per heavy atom. The molecule has 1 aromatic carbocycles. The molecule has 86 valence electrons. The fourth-order valence-corrected chi connectivity index (χ4v) is 1.47. The van der Waals surface area contributed by atoms with E-state index in [0.29, 0.717) is 5.11 Å². The molecule has 0 amide bonds. The molecule has 17 heavy (non-hydrogen) atoms. The van der Waals surface area contributed by atoms with Crippen LogP contribution in [0.4, 0.5) is 5.69 Å². The highest BCUT2D eigenvalue weighted by Crippen LogP contribution is 2.06. The van der Waals surface area contributed by atoms with Crippen molar-refractivity contribution < 1.29 is 9.90 Å². The van der Waals surface area contributed by atoms with Gasteiger partial charge in [-0.25, -0.2) is 9.48 Å². The Balaban J connectivity index is 2.12. The number of nitrogens with one attached hydrogen (secondary N) is 1. The van der Waals surface area contributed by atoms with Crippen LogP contribution in [0, 0.1) is 0 Å². The van der Waals surface area contributed by atoms with Gasteiger partial charge in [0.1, 0.15) is 0 Å². The summed E-state index contributed by atoms with van der Waals surface area (Å²) in [5.74, 6) is -1.08. The van der Waals surface area contributed by atoms with E-state index in [1.807, 2.05) is 30.3 Å². The number of rotatable bonds is 2. The van der Waals surface area contributed by atoms with Gasteiger partial charge in [-0.15, -0.1) is 0 Å². The summed E-state index contributed by atoms with van der Waals surface area (Å²) < 4.78 is 1.31. The Hall–Kier alpha value is -2.21. The number of para-hydroxylation sites is 1. The van der Waals surface area contributed by atoms with E-state index >= 15 is 0 Å². The van der Waals surface area contributed by atoms with Crippen LogP contribution in [0.15, 0.2) is 42.6 Å². The summed E-state index contributed by atoms with van der Waals surface area (Å²) in [5, 5.41) is 15.8. The number of hydrogen-bond acceptors (Lipinski definition) is 3. The van der Waals surface area contributed by atoms with Crippen LogP contribution in [0.5, 0.6) is 0 Å². The van der Waals surface area contributed by atoms with Crippen LogP contribution in [0.25, 0.3) is 0 Å². The summed E-state index contributed by atoms with van der Waals surface area (Å²) in [6, 6.07) is 10.7. The minimum absolute atomic E-state index is 0.0396. The van der Waals surface area contributed by atoms with E-state index in [4.69, 9.17) is 17.3 Å². The summed E-state index contributed by atoms with van der Waals surface area (Å²) in [6.45, 7) is 0. The molecule has 0 unspecified atom stereocenters. The van der Waals surface area contributed by atoms with E-state index in [2.05, 4.69) is 10.4 Å². The number of aromatic carboxylic acids is 1. The maximum Gasteiger partial charge on any atom is 0.356 e. The average molecular weight is 247 g/mol. The minimum atomic E-state index is -1.08. The van der Waals surface area contributed by atoms with Gasteiger partial charge in [-0.3, -0.25) is 0 Å². The monoisotopic (exact) mass is 247 g/mol. The van der Waals surface area contributed by atoms with Gasteiger partial charge in [0.05, 0.1) is 0 Å². The predicted molar refractivity (Wildman–Crippen MR) is 67.2 cm³/mol. The lowest BCUT2D eigenvalue weighted by Gasteiger charge is -2.06. The number of carbonyl (C=O) groups is 1. The molecule has 5 nitrogen and oxygen atoms in total. The Morgan fingerprint density at radius 1 is 1.29 bits per heavy atom. The first-order valence-electron chi connectivity index (χ1n) is 4.82. The summed E-state index contributed by atoms with van der Waals surface area (Å²) >= 11 is 5.10. The lowest BCUT2D eigenvalue weighted by Crippen LogP contribution is -2.20. The highest BCUT2D eigenvalue weighted by atomic mass is 32.1. The molecule has 0 saturated carbocycles. The molecule has 1 heterocycles. The molecule has 6 heteroatoms. The SMILES string of the molecule is O=C(O)c1ccn(C(=S)Nc2ccccc2)n1. The average Bonchev–Trinajstić information content (AvgIpc) is 2.79. The van der Waals surface area contributed by atoms with Crippen LogP contribution < -0.4 is 5.32 Å². The zero-order chi connectivity index (χ0) is 12.3. The van der Waals surface area contributed by atoms with Crippen LogP contribution in [-0.4, -0.2) is 26.0 Å². The Labute approximate surface area is 103 Å². The largest absolute Gasteiger partial charge is 0.476 e. The second-order valence-electron chi connectivity index (χ2n) is 3.25. The number of aromatic nitrogens is 2. The minimum Gasteiger partial charge on any atom is -0.476 e. The molecule has 1 aromatic heterocycles. The molecule has 2 N–H and O–H groups in total. The fraction of sp³-hybridized carbons (Fsp3) is 0. The smallest absolute Gasteiger partial charge is 0.356 e. The van der Waals surface area contributed by atoms with Gasteiger partial charge in [-0.05, 0) is 30.4 Å². The van der Waals surface area contributed by atoms with E-state index in [-0.39, 0.29) is 5.69 Å². The van der Waals surface area contributed by atoms with Gasteiger partial charge in [0.2, 0.25) is 0 Å². The molecule has 0 fully saturated rings. The van der Waals surface area contributed by atoms with Crippen molar-refractivity contribution in [1.29, 1.82) is 0 Å². The molecule has 0 aliphatic carbocycles. The number of carboxylic acid groups (broad SMARTS) is 1. The molecule has 0 radical (unpaired) electrons. The number of benzene rings is 1. The summed E-state index contributed by atoms with van der Waals surface area (Å²) in [4.78, 5) is 10.7. The first kappa shape index (κ1) is 11.3. The third-order valence-electron chi connectivity index (χ3n) is 2.04. The van der Waals surface area contributed by atoms with Gasteiger partial charge in [0, 0.05) is 11.9 Å². The van der Waals surface area contributed by atoms with E-state index in [1.165, 1.54) is 16.9 Å². The topological polar surface area (TPSA) is 67.2 Å². The van der Waals surface area contributed by atoms with Gasteiger partial charge in [-0.2, -0.15) is 5.10 Å². The quantitative estimate of drug-likeness (QED) is 0.792. The lowest BCUT2D eigenvalue weighted by atomic mass is 10.3. The molecule has 0 bridgehead atoms. The zero-order valence-corrected chi connectivity index (χ0v) is 9.52. The van der Waals surface area contributed by atoms with Crippen LogP contribution in [0.3, 0.4) is 0 Å². The van der Waals surface area contributed by atoms with E-state index in [1.54, 1.807) is 0 Å². The molecule has 0 atom stereocenters. The third-order valence-corrected chi connectivity index (χ3v) is 2.33. The van der Waals surface area contributed by atoms with Crippen molar-refractivity contribution in [2.24, 2.45) is 0 Å². The van der Waals surface area contributed by atoms with Crippen LogP contribution >= 0.6 is 12.2 Å². The molecule has 0 spiro atoms.